The molecule has 1 aliphatic rings. The number of hydrogen-bond donors (Lipinski definition) is 2. The van der Waals surface area contributed by atoms with Crippen molar-refractivity contribution in [2.24, 2.45) is 17.8 Å². The number of amides is 2. The summed E-state index contributed by atoms with van der Waals surface area (Å²) >= 11 is 0. The first-order chi connectivity index (χ1) is 17.6. The van der Waals surface area contributed by atoms with Crippen molar-refractivity contribution in [3.63, 3.8) is 0 Å². The number of carbonyl (C=O) groups excluding carboxylic acids is 2. The minimum absolute atomic E-state index is 0.00542. The van der Waals surface area contributed by atoms with Gasteiger partial charge < -0.3 is 34.4 Å². The Labute approximate surface area is 222 Å². The van der Waals surface area contributed by atoms with Gasteiger partial charge in [-0.3, -0.25) is 9.59 Å². The predicted octanol–water partition coefficient (Wildman–Crippen LogP) is 2.66. The van der Waals surface area contributed by atoms with Crippen LogP contribution in [0.1, 0.15) is 50.9 Å². The summed E-state index contributed by atoms with van der Waals surface area (Å²) in [5.41, 5.74) is 0.544. The second-order valence-corrected chi connectivity index (χ2v) is 10.7. The fourth-order valence-corrected chi connectivity index (χ4v) is 4.71. The third kappa shape index (κ3) is 9.16. The van der Waals surface area contributed by atoms with Crippen LogP contribution in [0.5, 0.6) is 11.5 Å². The van der Waals surface area contributed by atoms with Gasteiger partial charge >= 0.3 is 0 Å². The molecule has 9 nitrogen and oxygen atoms in total. The van der Waals surface area contributed by atoms with E-state index in [1.54, 1.807) is 44.4 Å². The van der Waals surface area contributed by atoms with E-state index in [-0.39, 0.29) is 35.6 Å². The zero-order valence-electron chi connectivity index (χ0n) is 23.7. The second-order valence-electron chi connectivity index (χ2n) is 10.7. The van der Waals surface area contributed by atoms with Gasteiger partial charge in [0.05, 0.1) is 13.7 Å². The molecule has 1 aromatic rings. The van der Waals surface area contributed by atoms with E-state index in [0.29, 0.717) is 49.8 Å². The number of benzene rings is 1. The van der Waals surface area contributed by atoms with Crippen molar-refractivity contribution in [1.82, 2.24) is 15.1 Å². The van der Waals surface area contributed by atoms with Crippen LogP contribution in [0.4, 0.5) is 0 Å². The van der Waals surface area contributed by atoms with Gasteiger partial charge in [-0.25, -0.2) is 0 Å². The molecule has 1 aliphatic heterocycles. The first-order valence-corrected chi connectivity index (χ1v) is 13.3. The number of rotatable bonds is 15. The summed E-state index contributed by atoms with van der Waals surface area (Å²) in [5, 5.41) is 13.7. The van der Waals surface area contributed by atoms with Gasteiger partial charge in [-0.2, -0.15) is 0 Å². The van der Waals surface area contributed by atoms with Crippen LogP contribution in [-0.4, -0.2) is 99.5 Å². The third-order valence-corrected chi connectivity index (χ3v) is 6.82. The highest BCUT2D eigenvalue weighted by Crippen LogP contribution is 2.30. The van der Waals surface area contributed by atoms with E-state index in [1.807, 2.05) is 32.6 Å². The van der Waals surface area contributed by atoms with Crippen molar-refractivity contribution >= 4 is 11.8 Å². The van der Waals surface area contributed by atoms with Gasteiger partial charge in [0.1, 0.15) is 6.10 Å². The zero-order valence-corrected chi connectivity index (χ0v) is 23.7. The van der Waals surface area contributed by atoms with Crippen molar-refractivity contribution in [1.29, 1.82) is 0 Å². The van der Waals surface area contributed by atoms with Crippen molar-refractivity contribution in [2.45, 2.75) is 52.7 Å². The number of aliphatic hydroxyl groups is 1. The number of nitrogens with zero attached hydrogens (tertiary/aromatic N) is 2. The van der Waals surface area contributed by atoms with Crippen LogP contribution in [0.2, 0.25) is 0 Å². The van der Waals surface area contributed by atoms with E-state index in [4.69, 9.17) is 14.2 Å². The molecule has 210 valence electrons. The van der Waals surface area contributed by atoms with E-state index in [2.05, 4.69) is 5.32 Å². The number of carbonyl (C=O) groups is 2. The molecule has 37 heavy (non-hydrogen) atoms. The van der Waals surface area contributed by atoms with Crippen LogP contribution < -0.4 is 14.8 Å². The largest absolute Gasteiger partial charge is 0.493 e. The lowest BCUT2D eigenvalue weighted by atomic mass is 9.93. The van der Waals surface area contributed by atoms with Gasteiger partial charge in [-0.1, -0.05) is 13.8 Å². The highest BCUT2D eigenvalue weighted by molar-refractivity contribution is 5.95. The van der Waals surface area contributed by atoms with Gasteiger partial charge in [-0.05, 0) is 56.2 Å². The van der Waals surface area contributed by atoms with Crippen molar-refractivity contribution in [3.05, 3.63) is 23.8 Å². The molecule has 1 aromatic carbocycles. The Kier molecular flexibility index (Phi) is 12.6. The van der Waals surface area contributed by atoms with Gasteiger partial charge in [0.25, 0.3) is 11.8 Å². The lowest BCUT2D eigenvalue weighted by molar-refractivity contribution is -0.140. The lowest BCUT2D eigenvalue weighted by Crippen LogP contribution is -2.45. The Morgan fingerprint density at radius 1 is 1.05 bits per heavy atom. The summed E-state index contributed by atoms with van der Waals surface area (Å²) in [7, 11) is 4.98. The fourth-order valence-electron chi connectivity index (χ4n) is 4.71. The van der Waals surface area contributed by atoms with Crippen LogP contribution in [0.3, 0.4) is 0 Å². The minimum atomic E-state index is -0.979. The molecule has 3 atom stereocenters. The molecule has 0 bridgehead atoms. The van der Waals surface area contributed by atoms with Gasteiger partial charge in [0.15, 0.2) is 11.5 Å². The molecule has 1 heterocycles. The first-order valence-electron chi connectivity index (χ1n) is 13.3. The first kappa shape index (κ1) is 30.9. The average molecular weight is 522 g/mol. The molecule has 2 amide bonds. The Morgan fingerprint density at radius 3 is 2.32 bits per heavy atom. The summed E-state index contributed by atoms with van der Waals surface area (Å²) in [6, 6.07) is 5.27. The molecule has 9 heteroatoms. The van der Waals surface area contributed by atoms with Gasteiger partial charge in [-0.15, -0.1) is 0 Å². The number of likely N-dealkylation sites (N-methyl/N-ethyl adjacent to an activating group) is 1. The Hall–Kier alpha value is -2.36. The molecule has 0 saturated carbocycles. The van der Waals surface area contributed by atoms with E-state index >= 15 is 0 Å². The lowest BCUT2D eigenvalue weighted by Gasteiger charge is -2.33. The molecule has 2 rings (SSSR count). The van der Waals surface area contributed by atoms with Crippen molar-refractivity contribution in [2.75, 3.05) is 60.7 Å². The number of hydrogen-bond acceptors (Lipinski definition) is 7. The maximum Gasteiger partial charge on any atom is 0.254 e. The van der Waals surface area contributed by atoms with Gasteiger partial charge in [0, 0.05) is 65.0 Å². The molecule has 1 unspecified atom stereocenters. The fraction of sp³-hybridized carbons (Fsp3) is 0.714. The van der Waals surface area contributed by atoms with Crippen molar-refractivity contribution < 1.29 is 28.9 Å². The highest BCUT2D eigenvalue weighted by Gasteiger charge is 2.34. The normalized spacial score (nSPS) is 18.2. The molecular weight excluding hydrogens is 474 g/mol. The molecule has 0 radical (unpaired) electrons. The highest BCUT2D eigenvalue weighted by atomic mass is 16.5. The monoisotopic (exact) mass is 521 g/mol. The Balaban J connectivity index is 2.10. The van der Waals surface area contributed by atoms with Gasteiger partial charge in [0.2, 0.25) is 0 Å². The minimum Gasteiger partial charge on any atom is -0.493 e. The predicted molar refractivity (Wildman–Crippen MR) is 144 cm³/mol. The van der Waals surface area contributed by atoms with Crippen LogP contribution in [0.25, 0.3) is 0 Å². The standard InChI is InChI=1S/C28H47N3O6/c1-19(2)13-24(32)28(34)30(5)17-22-15-29-16-23(22)18-31(20(3)4)27(33)21-9-10-25(36-7)26(14-21)37-12-8-11-35-6/h9-10,14,19-20,22-24,29,32H,8,11-13,15-18H2,1-7H3/t22-,23-,24?/m0/s1. The molecule has 0 spiro atoms. The molecular formula is C28H47N3O6. The maximum absolute atomic E-state index is 13.6. The van der Waals surface area contributed by atoms with Crippen LogP contribution in [0, 0.1) is 17.8 Å². The van der Waals surface area contributed by atoms with Crippen LogP contribution in [-0.2, 0) is 9.53 Å². The Morgan fingerprint density at radius 2 is 1.73 bits per heavy atom. The zero-order chi connectivity index (χ0) is 27.5. The van der Waals surface area contributed by atoms with E-state index in [1.165, 1.54) is 0 Å². The van der Waals surface area contributed by atoms with E-state index in [9.17, 15) is 14.7 Å². The summed E-state index contributed by atoms with van der Waals surface area (Å²) < 4.78 is 16.4. The number of ether oxygens (including phenoxy) is 3. The summed E-state index contributed by atoms with van der Waals surface area (Å²) in [6.07, 6.45) is 0.204. The third-order valence-electron chi connectivity index (χ3n) is 6.82. The molecule has 1 fully saturated rings. The van der Waals surface area contributed by atoms with Crippen LogP contribution in [0.15, 0.2) is 18.2 Å². The quantitative estimate of drug-likeness (QED) is 0.342. The smallest absolute Gasteiger partial charge is 0.254 e. The van der Waals surface area contributed by atoms with Crippen LogP contribution >= 0.6 is 0 Å². The average Bonchev–Trinajstić information content (AvgIpc) is 3.29. The van der Waals surface area contributed by atoms with Crippen molar-refractivity contribution in [3.8, 4) is 11.5 Å². The second kappa shape index (κ2) is 15.1. The summed E-state index contributed by atoms with van der Waals surface area (Å²) in [4.78, 5) is 29.8. The number of aliphatic hydroxyl groups excluding tert-OH is 1. The van der Waals surface area contributed by atoms with E-state index < -0.39 is 6.10 Å². The number of methoxy groups -OCH3 is 2. The summed E-state index contributed by atoms with van der Waals surface area (Å²) in [6.45, 7) is 11.7. The SMILES string of the molecule is COCCCOc1cc(C(=O)N(C[C@@H]2CNC[C@H]2CN(C)C(=O)C(O)CC(C)C)C(C)C)ccc1OC. The topological polar surface area (TPSA) is 101 Å². The molecule has 2 N–H and O–H groups in total. The Bertz CT molecular complexity index is 862. The van der Waals surface area contributed by atoms with E-state index in [0.717, 1.165) is 19.5 Å². The summed E-state index contributed by atoms with van der Waals surface area (Å²) in [5.74, 6) is 1.42. The molecule has 0 aromatic heterocycles. The molecule has 1 saturated heterocycles. The number of nitrogens with one attached hydrogen (secondary N) is 1. The molecule has 0 aliphatic carbocycles. The maximum atomic E-state index is 13.6.